The SMILES string of the molecule is O=C(CN1C(=O)NC2(CCCCC2)C1=O)Nc1ccc(SC(F)F)cc1. The predicted molar refractivity (Wildman–Crippen MR) is 93.0 cm³/mol. The number of halogens is 2. The number of hydrogen-bond acceptors (Lipinski definition) is 4. The molecule has 2 N–H and O–H groups in total. The molecule has 0 atom stereocenters. The standard InChI is InChI=1S/C17H19F2N3O3S/c18-15(19)26-12-6-4-11(5-7-12)20-13(23)10-22-14(24)17(21-16(22)25)8-2-1-3-9-17/h4-7,15H,1-3,8-10H2,(H,20,23)(H,21,25). The lowest BCUT2D eigenvalue weighted by molar-refractivity contribution is -0.134. The topological polar surface area (TPSA) is 78.5 Å². The Morgan fingerprint density at radius 1 is 1.19 bits per heavy atom. The minimum Gasteiger partial charge on any atom is -0.325 e. The summed E-state index contributed by atoms with van der Waals surface area (Å²) in [7, 11) is 0. The molecule has 0 bridgehead atoms. The van der Waals surface area contributed by atoms with Crippen LogP contribution in [0.2, 0.25) is 0 Å². The van der Waals surface area contributed by atoms with Gasteiger partial charge in [0.05, 0.1) is 0 Å². The number of imide groups is 1. The smallest absolute Gasteiger partial charge is 0.325 e. The average Bonchev–Trinajstić information content (AvgIpc) is 2.81. The van der Waals surface area contributed by atoms with E-state index in [9.17, 15) is 23.2 Å². The molecular weight excluding hydrogens is 364 g/mol. The van der Waals surface area contributed by atoms with Crippen LogP contribution in [-0.2, 0) is 9.59 Å². The summed E-state index contributed by atoms with van der Waals surface area (Å²) in [6.07, 6.45) is 3.97. The van der Waals surface area contributed by atoms with Crippen molar-refractivity contribution in [1.29, 1.82) is 0 Å². The van der Waals surface area contributed by atoms with Crippen LogP contribution in [0.4, 0.5) is 19.3 Å². The van der Waals surface area contributed by atoms with Gasteiger partial charge in [-0.25, -0.2) is 4.79 Å². The van der Waals surface area contributed by atoms with Crippen molar-refractivity contribution in [2.24, 2.45) is 0 Å². The fourth-order valence-corrected chi connectivity index (χ4v) is 3.88. The zero-order valence-electron chi connectivity index (χ0n) is 14.0. The molecule has 140 valence electrons. The lowest BCUT2D eigenvalue weighted by Crippen LogP contribution is -2.48. The molecule has 1 aromatic carbocycles. The van der Waals surface area contributed by atoms with Crippen LogP contribution in [0.3, 0.4) is 0 Å². The first-order valence-corrected chi connectivity index (χ1v) is 9.26. The molecule has 4 amide bonds. The molecule has 0 unspecified atom stereocenters. The van der Waals surface area contributed by atoms with E-state index in [0.717, 1.165) is 24.2 Å². The maximum atomic E-state index is 12.6. The molecule has 6 nitrogen and oxygen atoms in total. The Morgan fingerprint density at radius 2 is 1.85 bits per heavy atom. The highest BCUT2D eigenvalue weighted by Gasteiger charge is 2.51. The van der Waals surface area contributed by atoms with Crippen LogP contribution in [0.15, 0.2) is 29.2 Å². The Bertz CT molecular complexity index is 706. The van der Waals surface area contributed by atoms with Crippen molar-refractivity contribution in [2.75, 3.05) is 11.9 Å². The third-order valence-electron chi connectivity index (χ3n) is 4.62. The second-order valence-corrected chi connectivity index (χ2v) is 7.48. The van der Waals surface area contributed by atoms with Crippen LogP contribution in [-0.4, -0.2) is 40.6 Å². The summed E-state index contributed by atoms with van der Waals surface area (Å²) in [5, 5.41) is 5.32. The monoisotopic (exact) mass is 383 g/mol. The molecule has 1 aliphatic heterocycles. The third-order valence-corrected chi connectivity index (χ3v) is 5.34. The van der Waals surface area contributed by atoms with Crippen LogP contribution in [0.5, 0.6) is 0 Å². The number of thioether (sulfide) groups is 1. The summed E-state index contributed by atoms with van der Waals surface area (Å²) in [4.78, 5) is 38.3. The molecule has 0 aromatic heterocycles. The van der Waals surface area contributed by atoms with E-state index in [4.69, 9.17) is 0 Å². The Kier molecular flexibility index (Phi) is 5.45. The molecule has 3 rings (SSSR count). The fraction of sp³-hybridized carbons (Fsp3) is 0.471. The number of hydrogen-bond donors (Lipinski definition) is 2. The van der Waals surface area contributed by atoms with Gasteiger partial charge in [0.25, 0.3) is 11.7 Å². The Balaban J connectivity index is 1.59. The first kappa shape index (κ1) is 18.6. The molecule has 9 heteroatoms. The summed E-state index contributed by atoms with van der Waals surface area (Å²) in [6.45, 7) is -0.375. The van der Waals surface area contributed by atoms with E-state index in [-0.39, 0.29) is 12.5 Å². The molecule has 2 aliphatic rings. The maximum absolute atomic E-state index is 12.6. The zero-order valence-corrected chi connectivity index (χ0v) is 14.8. The van der Waals surface area contributed by atoms with Crippen LogP contribution in [0.1, 0.15) is 32.1 Å². The molecule has 1 saturated carbocycles. The van der Waals surface area contributed by atoms with E-state index < -0.39 is 23.2 Å². The number of alkyl halides is 2. The number of nitrogens with zero attached hydrogens (tertiary/aromatic N) is 1. The highest BCUT2D eigenvalue weighted by atomic mass is 32.2. The van der Waals surface area contributed by atoms with Gasteiger partial charge in [0.1, 0.15) is 12.1 Å². The molecule has 2 fully saturated rings. The van der Waals surface area contributed by atoms with Crippen molar-refractivity contribution in [3.8, 4) is 0 Å². The molecule has 1 heterocycles. The second-order valence-electron chi connectivity index (χ2n) is 6.42. The van der Waals surface area contributed by atoms with Gasteiger partial charge in [-0.3, -0.25) is 14.5 Å². The van der Waals surface area contributed by atoms with Crippen molar-refractivity contribution in [3.63, 3.8) is 0 Å². The number of benzene rings is 1. The number of anilines is 1. The lowest BCUT2D eigenvalue weighted by atomic mass is 9.82. The largest absolute Gasteiger partial charge is 0.325 e. The Labute approximate surface area is 153 Å². The van der Waals surface area contributed by atoms with Crippen LogP contribution in [0.25, 0.3) is 0 Å². The van der Waals surface area contributed by atoms with Gasteiger partial charge in [-0.2, -0.15) is 8.78 Å². The third kappa shape index (κ3) is 3.98. The van der Waals surface area contributed by atoms with Crippen LogP contribution < -0.4 is 10.6 Å². The zero-order chi connectivity index (χ0) is 18.7. The van der Waals surface area contributed by atoms with E-state index in [1.165, 1.54) is 24.3 Å². The normalized spacial score (nSPS) is 19.1. The minimum atomic E-state index is -2.51. The Morgan fingerprint density at radius 3 is 2.46 bits per heavy atom. The average molecular weight is 383 g/mol. The molecule has 26 heavy (non-hydrogen) atoms. The minimum absolute atomic E-state index is 0.346. The summed E-state index contributed by atoms with van der Waals surface area (Å²) in [5.74, 6) is -3.38. The molecular formula is C17H19F2N3O3S. The number of urea groups is 1. The maximum Gasteiger partial charge on any atom is 0.325 e. The van der Waals surface area contributed by atoms with E-state index in [1.54, 1.807) is 0 Å². The molecule has 1 spiro atoms. The van der Waals surface area contributed by atoms with Crippen molar-refractivity contribution in [1.82, 2.24) is 10.2 Å². The molecule has 0 radical (unpaired) electrons. The van der Waals surface area contributed by atoms with E-state index >= 15 is 0 Å². The van der Waals surface area contributed by atoms with E-state index in [1.807, 2.05) is 0 Å². The van der Waals surface area contributed by atoms with Gasteiger partial charge >= 0.3 is 6.03 Å². The van der Waals surface area contributed by atoms with E-state index in [2.05, 4.69) is 10.6 Å². The predicted octanol–water partition coefficient (Wildman–Crippen LogP) is 3.19. The fourth-order valence-electron chi connectivity index (χ4n) is 3.38. The number of amides is 4. The van der Waals surface area contributed by atoms with Crippen LogP contribution in [0, 0.1) is 0 Å². The van der Waals surface area contributed by atoms with Gasteiger partial charge in [0.15, 0.2) is 0 Å². The quantitative estimate of drug-likeness (QED) is 0.605. The highest BCUT2D eigenvalue weighted by molar-refractivity contribution is 7.99. The van der Waals surface area contributed by atoms with Crippen molar-refractivity contribution >= 4 is 35.3 Å². The summed E-state index contributed by atoms with van der Waals surface area (Å²) in [6, 6.07) is 5.39. The van der Waals surface area contributed by atoms with Gasteiger partial charge in [0.2, 0.25) is 5.91 Å². The molecule has 1 saturated heterocycles. The molecule has 1 aromatic rings. The second kappa shape index (κ2) is 7.61. The number of nitrogens with one attached hydrogen (secondary N) is 2. The number of carbonyl (C=O) groups excluding carboxylic acids is 3. The number of carbonyl (C=O) groups is 3. The van der Waals surface area contributed by atoms with Crippen molar-refractivity contribution < 1.29 is 23.2 Å². The van der Waals surface area contributed by atoms with Crippen molar-refractivity contribution in [2.45, 2.75) is 48.3 Å². The molecule has 1 aliphatic carbocycles. The van der Waals surface area contributed by atoms with Gasteiger partial charge in [0, 0.05) is 10.6 Å². The van der Waals surface area contributed by atoms with Crippen molar-refractivity contribution in [3.05, 3.63) is 24.3 Å². The number of rotatable bonds is 5. The van der Waals surface area contributed by atoms with Gasteiger partial charge in [-0.15, -0.1) is 0 Å². The van der Waals surface area contributed by atoms with E-state index in [0.29, 0.717) is 35.2 Å². The van der Waals surface area contributed by atoms with Crippen LogP contribution >= 0.6 is 11.8 Å². The Hall–Kier alpha value is -2.16. The summed E-state index contributed by atoms with van der Waals surface area (Å²) >= 11 is 0.413. The lowest BCUT2D eigenvalue weighted by Gasteiger charge is -2.30. The highest BCUT2D eigenvalue weighted by Crippen LogP contribution is 2.33. The van der Waals surface area contributed by atoms with Gasteiger partial charge in [-0.1, -0.05) is 31.0 Å². The first-order chi connectivity index (χ1) is 12.4. The van der Waals surface area contributed by atoms with Gasteiger partial charge < -0.3 is 10.6 Å². The van der Waals surface area contributed by atoms with Gasteiger partial charge in [-0.05, 0) is 37.1 Å². The summed E-state index contributed by atoms with van der Waals surface area (Å²) in [5.41, 5.74) is -0.447. The summed E-state index contributed by atoms with van der Waals surface area (Å²) < 4.78 is 24.6. The first-order valence-electron chi connectivity index (χ1n) is 8.38.